The second kappa shape index (κ2) is 9.58. The van der Waals surface area contributed by atoms with E-state index in [1.165, 1.54) is 6.07 Å². The van der Waals surface area contributed by atoms with Gasteiger partial charge in [0.05, 0.1) is 12.3 Å². The lowest BCUT2D eigenvalue weighted by molar-refractivity contribution is -0.138. The van der Waals surface area contributed by atoms with Crippen molar-refractivity contribution < 1.29 is 39.4 Å². The number of fused-ring (bicyclic) bond motifs is 1. The molecular formula is C25H23F3N2O6S. The zero-order valence-corrected chi connectivity index (χ0v) is 20.9. The van der Waals surface area contributed by atoms with Gasteiger partial charge in [0, 0.05) is 17.2 Å². The number of halogens is 3. The van der Waals surface area contributed by atoms with Crippen molar-refractivity contribution in [2.45, 2.75) is 39.0 Å². The SMILES string of the molecule is C=C(OCC)c1nccc(COc2ccc(C(C)(C)c3ccc(C(F)(F)F)c4c3OS(=O)(=O)O4)cc2)n1. The Labute approximate surface area is 212 Å². The summed E-state index contributed by atoms with van der Waals surface area (Å²) in [5.74, 6) is -0.115. The van der Waals surface area contributed by atoms with Crippen LogP contribution in [-0.2, 0) is 33.3 Å². The third-order valence-electron chi connectivity index (χ3n) is 5.71. The first-order chi connectivity index (χ1) is 17.3. The highest BCUT2D eigenvalue weighted by molar-refractivity contribution is 7.82. The number of rotatable bonds is 8. The maximum Gasteiger partial charge on any atom is 0.501 e. The van der Waals surface area contributed by atoms with E-state index < -0.39 is 39.1 Å². The van der Waals surface area contributed by atoms with Gasteiger partial charge in [-0.05, 0) is 36.8 Å². The normalized spacial score (nSPS) is 14.3. The summed E-state index contributed by atoms with van der Waals surface area (Å²) >= 11 is 0. The standard InChI is InChI=1S/C25H23F3N2O6S/c1-5-33-15(2)23-29-13-12-17(30-23)14-34-18-8-6-16(7-9-18)24(3,4)19-10-11-20(25(26,27)28)22-21(19)35-37(31,32)36-22/h6-13H,2,5,14H2,1,3-4H3. The fourth-order valence-corrected chi connectivity index (χ4v) is 4.57. The van der Waals surface area contributed by atoms with Crippen LogP contribution >= 0.6 is 0 Å². The van der Waals surface area contributed by atoms with Crippen LogP contribution in [0.15, 0.2) is 55.2 Å². The van der Waals surface area contributed by atoms with Crippen molar-refractivity contribution in [3.8, 4) is 17.2 Å². The fourth-order valence-electron chi connectivity index (χ4n) is 3.79. The molecule has 0 radical (unpaired) electrons. The van der Waals surface area contributed by atoms with Crippen LogP contribution in [0.2, 0.25) is 0 Å². The number of ether oxygens (including phenoxy) is 2. The Hall–Kier alpha value is -3.80. The number of hydrogen-bond donors (Lipinski definition) is 0. The van der Waals surface area contributed by atoms with Gasteiger partial charge in [0.15, 0.2) is 17.3 Å². The van der Waals surface area contributed by atoms with Crippen molar-refractivity contribution in [3.05, 3.63) is 83.4 Å². The lowest BCUT2D eigenvalue weighted by Crippen LogP contribution is -2.20. The van der Waals surface area contributed by atoms with Crippen LogP contribution in [0.1, 0.15) is 49.0 Å². The van der Waals surface area contributed by atoms with Crippen molar-refractivity contribution in [2.24, 2.45) is 0 Å². The third kappa shape index (κ3) is 5.48. The number of benzene rings is 2. The van der Waals surface area contributed by atoms with E-state index in [4.69, 9.17) is 13.7 Å². The van der Waals surface area contributed by atoms with Crippen molar-refractivity contribution in [2.75, 3.05) is 6.61 Å². The number of aromatic nitrogens is 2. The minimum absolute atomic E-state index is 0.146. The summed E-state index contributed by atoms with van der Waals surface area (Å²) < 4.78 is 84.5. The molecule has 1 aliphatic heterocycles. The molecule has 0 N–H and O–H groups in total. The maximum atomic E-state index is 13.4. The van der Waals surface area contributed by atoms with Gasteiger partial charge in [0.1, 0.15) is 17.9 Å². The smallest absolute Gasteiger partial charge is 0.491 e. The lowest BCUT2D eigenvalue weighted by atomic mass is 9.77. The van der Waals surface area contributed by atoms with E-state index in [9.17, 15) is 21.6 Å². The minimum Gasteiger partial charge on any atom is -0.491 e. The van der Waals surface area contributed by atoms with Gasteiger partial charge >= 0.3 is 16.6 Å². The lowest BCUT2D eigenvalue weighted by Gasteiger charge is -2.27. The van der Waals surface area contributed by atoms with Crippen LogP contribution in [0.5, 0.6) is 17.2 Å². The Balaban J connectivity index is 1.56. The molecule has 0 bridgehead atoms. The molecule has 2 aromatic carbocycles. The van der Waals surface area contributed by atoms with Crippen LogP contribution in [0.3, 0.4) is 0 Å². The van der Waals surface area contributed by atoms with Gasteiger partial charge in [0.2, 0.25) is 5.75 Å². The molecule has 0 spiro atoms. The summed E-state index contributed by atoms with van der Waals surface area (Å²) in [6.07, 6.45) is -3.25. The van der Waals surface area contributed by atoms with Gasteiger partial charge < -0.3 is 17.8 Å². The molecule has 1 aliphatic rings. The highest BCUT2D eigenvalue weighted by Gasteiger charge is 2.45. The molecule has 0 saturated carbocycles. The molecule has 0 unspecified atom stereocenters. The van der Waals surface area contributed by atoms with Crippen LogP contribution in [-0.4, -0.2) is 25.0 Å². The first-order valence-corrected chi connectivity index (χ1v) is 12.4. The van der Waals surface area contributed by atoms with Gasteiger partial charge in [-0.1, -0.05) is 38.6 Å². The molecule has 0 fully saturated rings. The van der Waals surface area contributed by atoms with Crippen molar-refractivity contribution in [3.63, 3.8) is 0 Å². The second-order valence-corrected chi connectivity index (χ2v) is 9.71. The Kier molecular flexibility index (Phi) is 6.80. The molecule has 37 heavy (non-hydrogen) atoms. The van der Waals surface area contributed by atoms with Crippen molar-refractivity contribution >= 4 is 16.2 Å². The molecule has 12 heteroatoms. The van der Waals surface area contributed by atoms with E-state index in [0.717, 1.165) is 6.07 Å². The first kappa shape index (κ1) is 26.3. The van der Waals surface area contributed by atoms with E-state index >= 15 is 0 Å². The highest BCUT2D eigenvalue weighted by Crippen LogP contribution is 2.51. The Morgan fingerprint density at radius 1 is 1.00 bits per heavy atom. The van der Waals surface area contributed by atoms with Crippen LogP contribution < -0.4 is 13.1 Å². The average molecular weight is 537 g/mol. The van der Waals surface area contributed by atoms with E-state index in [0.29, 0.717) is 35.2 Å². The molecule has 196 valence electrons. The Morgan fingerprint density at radius 2 is 1.62 bits per heavy atom. The third-order valence-corrected chi connectivity index (χ3v) is 6.45. The topological polar surface area (TPSA) is 96.8 Å². The zero-order valence-electron chi connectivity index (χ0n) is 20.1. The molecule has 2 heterocycles. The van der Waals surface area contributed by atoms with Gasteiger partial charge in [0.25, 0.3) is 0 Å². The molecular weight excluding hydrogens is 513 g/mol. The van der Waals surface area contributed by atoms with Crippen LogP contribution in [0.25, 0.3) is 5.76 Å². The maximum absolute atomic E-state index is 13.4. The number of alkyl halides is 3. The van der Waals surface area contributed by atoms with Gasteiger partial charge in [-0.25, -0.2) is 9.97 Å². The monoisotopic (exact) mass is 536 g/mol. The van der Waals surface area contributed by atoms with Crippen LogP contribution in [0, 0.1) is 0 Å². The number of nitrogens with zero attached hydrogens (tertiary/aromatic N) is 2. The largest absolute Gasteiger partial charge is 0.501 e. The summed E-state index contributed by atoms with van der Waals surface area (Å²) in [7, 11) is -4.65. The molecule has 4 rings (SSSR count). The summed E-state index contributed by atoms with van der Waals surface area (Å²) in [6, 6.07) is 10.5. The molecule has 0 aliphatic carbocycles. The van der Waals surface area contributed by atoms with E-state index in [-0.39, 0.29) is 12.2 Å². The molecule has 3 aromatic rings. The van der Waals surface area contributed by atoms with E-state index in [1.54, 1.807) is 50.4 Å². The van der Waals surface area contributed by atoms with Crippen molar-refractivity contribution in [1.82, 2.24) is 9.97 Å². The fraction of sp³-hybridized carbons (Fsp3) is 0.280. The Bertz CT molecular complexity index is 1440. The van der Waals surface area contributed by atoms with E-state index in [1.807, 2.05) is 6.92 Å². The molecule has 0 amide bonds. The summed E-state index contributed by atoms with van der Waals surface area (Å²) in [6.45, 7) is 9.66. The van der Waals surface area contributed by atoms with E-state index in [2.05, 4.69) is 20.7 Å². The molecule has 1 aromatic heterocycles. The second-order valence-electron chi connectivity index (χ2n) is 8.56. The van der Waals surface area contributed by atoms with Gasteiger partial charge in [-0.2, -0.15) is 13.2 Å². The van der Waals surface area contributed by atoms with Crippen LogP contribution in [0.4, 0.5) is 13.2 Å². The quantitative estimate of drug-likeness (QED) is 0.352. The average Bonchev–Trinajstić information content (AvgIpc) is 3.16. The zero-order chi connectivity index (χ0) is 27.0. The first-order valence-electron chi connectivity index (χ1n) is 11.1. The van der Waals surface area contributed by atoms with Gasteiger partial charge in [-0.3, -0.25) is 0 Å². The summed E-state index contributed by atoms with van der Waals surface area (Å²) in [5, 5.41) is 0. The number of hydrogen-bond acceptors (Lipinski definition) is 8. The molecule has 0 atom stereocenters. The highest BCUT2D eigenvalue weighted by atomic mass is 32.3. The minimum atomic E-state index is -4.82. The van der Waals surface area contributed by atoms with Gasteiger partial charge in [-0.15, -0.1) is 8.42 Å². The van der Waals surface area contributed by atoms with Crippen molar-refractivity contribution in [1.29, 1.82) is 0 Å². The summed E-state index contributed by atoms with van der Waals surface area (Å²) in [5.41, 5.74) is -0.684. The predicted molar refractivity (Wildman–Crippen MR) is 127 cm³/mol. The molecule has 0 saturated heterocycles. The summed E-state index contributed by atoms with van der Waals surface area (Å²) in [4.78, 5) is 8.48. The Morgan fingerprint density at radius 3 is 2.24 bits per heavy atom. The predicted octanol–water partition coefficient (Wildman–Crippen LogP) is 5.42. The molecule has 8 nitrogen and oxygen atoms in total.